The van der Waals surface area contributed by atoms with Gasteiger partial charge in [-0.15, -0.1) is 0 Å². The summed E-state index contributed by atoms with van der Waals surface area (Å²) in [6.07, 6.45) is 0. The van der Waals surface area contributed by atoms with Crippen LogP contribution in [0.1, 0.15) is 25.5 Å². The van der Waals surface area contributed by atoms with E-state index in [1.165, 1.54) is 18.9 Å². The molecule has 1 aromatic rings. The summed E-state index contributed by atoms with van der Waals surface area (Å²) in [6, 6.07) is 6.77. The second-order valence-corrected chi connectivity index (χ2v) is 5.90. The first-order chi connectivity index (χ1) is 10.4. The number of carbonyl (C=O) groups excluding carboxylic acids is 2. The lowest BCUT2D eigenvalue weighted by Gasteiger charge is -2.53. The Bertz CT molecular complexity index is 677. The number of benzene rings is 1. The number of methoxy groups -OCH3 is 1. The maximum Gasteiger partial charge on any atom is 0.317 e. The van der Waals surface area contributed by atoms with E-state index in [-0.39, 0.29) is 11.0 Å². The standard InChI is InChI=1S/C15H16N2O4S/c1-8(18)17-12-9-6-4-5-7-10(9)21-15(2,16-14(17)22)11(12)13(19)20-3/h4-7,11-12H,1-3H3,(H,16,22)/t11-,12-,15-/m1/s1. The van der Waals surface area contributed by atoms with Crippen molar-refractivity contribution in [2.24, 2.45) is 5.92 Å². The van der Waals surface area contributed by atoms with E-state index in [1.807, 2.05) is 24.3 Å². The van der Waals surface area contributed by atoms with Crippen LogP contribution in [-0.4, -0.2) is 34.7 Å². The molecule has 1 saturated heterocycles. The van der Waals surface area contributed by atoms with Crippen LogP contribution in [0.5, 0.6) is 5.75 Å². The molecule has 0 spiro atoms. The molecular formula is C15H16N2O4S. The van der Waals surface area contributed by atoms with Crippen molar-refractivity contribution in [2.45, 2.75) is 25.6 Å². The molecule has 1 N–H and O–H groups in total. The van der Waals surface area contributed by atoms with Gasteiger partial charge in [-0.3, -0.25) is 14.5 Å². The first-order valence-electron chi connectivity index (χ1n) is 6.87. The number of para-hydroxylation sites is 1. The SMILES string of the molecule is COC(=O)[C@H]1[C@H]2c3ccccc3O[C@@]1(C)NC(=S)N2C(C)=O. The molecule has 116 valence electrons. The van der Waals surface area contributed by atoms with Gasteiger partial charge in [0.25, 0.3) is 0 Å². The number of nitrogens with one attached hydrogen (secondary N) is 1. The molecule has 1 amide bonds. The molecule has 2 bridgehead atoms. The second kappa shape index (κ2) is 4.95. The number of thiocarbonyl (C=S) groups is 1. The highest BCUT2D eigenvalue weighted by atomic mass is 32.1. The average molecular weight is 320 g/mol. The van der Waals surface area contributed by atoms with E-state index < -0.39 is 23.7 Å². The molecule has 22 heavy (non-hydrogen) atoms. The molecule has 0 radical (unpaired) electrons. The highest BCUT2D eigenvalue weighted by molar-refractivity contribution is 7.80. The van der Waals surface area contributed by atoms with Crippen LogP contribution in [0.25, 0.3) is 0 Å². The number of hydrogen-bond donors (Lipinski definition) is 1. The molecule has 2 aliphatic heterocycles. The molecule has 2 heterocycles. The second-order valence-electron chi connectivity index (χ2n) is 5.51. The molecule has 1 aromatic carbocycles. The summed E-state index contributed by atoms with van der Waals surface area (Å²) in [5.41, 5.74) is -0.316. The number of rotatable bonds is 1. The summed E-state index contributed by atoms with van der Waals surface area (Å²) in [5.74, 6) is -0.794. The molecule has 2 aliphatic rings. The van der Waals surface area contributed by atoms with E-state index in [1.54, 1.807) is 6.92 Å². The van der Waals surface area contributed by atoms with Gasteiger partial charge in [0.15, 0.2) is 10.8 Å². The van der Waals surface area contributed by atoms with Gasteiger partial charge in [-0.05, 0) is 25.2 Å². The lowest BCUT2D eigenvalue weighted by atomic mass is 9.79. The zero-order valence-electron chi connectivity index (χ0n) is 12.5. The van der Waals surface area contributed by atoms with Crippen molar-refractivity contribution >= 4 is 29.2 Å². The van der Waals surface area contributed by atoms with Crippen molar-refractivity contribution in [1.29, 1.82) is 0 Å². The Morgan fingerprint density at radius 2 is 2.09 bits per heavy atom. The van der Waals surface area contributed by atoms with Crippen LogP contribution >= 0.6 is 12.2 Å². The maximum atomic E-state index is 12.3. The number of fused-ring (bicyclic) bond motifs is 4. The van der Waals surface area contributed by atoms with Crippen LogP contribution in [0.15, 0.2) is 24.3 Å². The number of ether oxygens (including phenoxy) is 2. The third-order valence-electron chi connectivity index (χ3n) is 4.12. The smallest absolute Gasteiger partial charge is 0.317 e. The van der Waals surface area contributed by atoms with Crippen LogP contribution in [0.3, 0.4) is 0 Å². The minimum absolute atomic E-state index is 0.241. The minimum atomic E-state index is -1.06. The van der Waals surface area contributed by atoms with E-state index in [2.05, 4.69) is 5.32 Å². The van der Waals surface area contributed by atoms with Gasteiger partial charge in [0, 0.05) is 12.5 Å². The molecule has 0 aromatic heterocycles. The van der Waals surface area contributed by atoms with E-state index in [9.17, 15) is 9.59 Å². The summed E-state index contributed by atoms with van der Waals surface area (Å²) in [6.45, 7) is 3.16. The zero-order chi connectivity index (χ0) is 16.1. The average Bonchev–Trinajstić information content (AvgIpc) is 2.44. The Hall–Kier alpha value is -2.15. The normalized spacial score (nSPS) is 29.0. The van der Waals surface area contributed by atoms with Crippen LogP contribution in [0, 0.1) is 5.92 Å². The molecule has 1 fully saturated rings. The van der Waals surface area contributed by atoms with Gasteiger partial charge in [-0.25, -0.2) is 0 Å². The monoisotopic (exact) mass is 320 g/mol. The number of hydrogen-bond acceptors (Lipinski definition) is 5. The van der Waals surface area contributed by atoms with E-state index >= 15 is 0 Å². The van der Waals surface area contributed by atoms with Gasteiger partial charge in [0.1, 0.15) is 11.7 Å². The van der Waals surface area contributed by atoms with Gasteiger partial charge in [-0.2, -0.15) is 0 Å². The first-order valence-corrected chi connectivity index (χ1v) is 7.27. The summed E-state index contributed by atoms with van der Waals surface area (Å²) in [5, 5.41) is 3.22. The summed E-state index contributed by atoms with van der Waals surface area (Å²) in [4.78, 5) is 25.8. The Balaban J connectivity index is 2.23. The first kappa shape index (κ1) is 14.8. The number of nitrogens with zero attached hydrogens (tertiary/aromatic N) is 1. The number of carbonyl (C=O) groups is 2. The van der Waals surface area contributed by atoms with Crippen molar-refractivity contribution < 1.29 is 19.1 Å². The van der Waals surface area contributed by atoms with Gasteiger partial charge < -0.3 is 14.8 Å². The van der Waals surface area contributed by atoms with E-state index in [0.29, 0.717) is 5.75 Å². The van der Waals surface area contributed by atoms with Gasteiger partial charge in [0.2, 0.25) is 5.91 Å². The van der Waals surface area contributed by atoms with Crippen LogP contribution in [-0.2, 0) is 14.3 Å². The fraction of sp³-hybridized carbons (Fsp3) is 0.400. The predicted octanol–water partition coefficient (Wildman–Crippen LogP) is 1.36. The lowest BCUT2D eigenvalue weighted by molar-refractivity contribution is -0.165. The number of amides is 1. The lowest BCUT2D eigenvalue weighted by Crippen LogP contribution is -2.71. The fourth-order valence-corrected chi connectivity index (χ4v) is 3.65. The highest BCUT2D eigenvalue weighted by Gasteiger charge is 2.58. The largest absolute Gasteiger partial charge is 0.469 e. The fourth-order valence-electron chi connectivity index (χ4n) is 3.20. The third-order valence-corrected chi connectivity index (χ3v) is 4.41. The third kappa shape index (κ3) is 1.96. The number of esters is 1. The predicted molar refractivity (Wildman–Crippen MR) is 82.0 cm³/mol. The molecular weight excluding hydrogens is 304 g/mol. The summed E-state index contributed by atoms with van der Waals surface area (Å²) in [7, 11) is 1.32. The Morgan fingerprint density at radius 1 is 1.41 bits per heavy atom. The van der Waals surface area contributed by atoms with Crippen molar-refractivity contribution in [3.05, 3.63) is 29.8 Å². The topological polar surface area (TPSA) is 67.9 Å². The van der Waals surface area contributed by atoms with Gasteiger partial charge in [-0.1, -0.05) is 18.2 Å². The zero-order valence-corrected chi connectivity index (χ0v) is 13.3. The Labute approximate surface area is 133 Å². The van der Waals surface area contributed by atoms with E-state index in [4.69, 9.17) is 21.7 Å². The molecule has 0 unspecified atom stereocenters. The summed E-state index contributed by atoms with van der Waals surface area (Å²) < 4.78 is 10.9. The molecule has 3 atom stereocenters. The Morgan fingerprint density at radius 3 is 2.73 bits per heavy atom. The van der Waals surface area contributed by atoms with Crippen molar-refractivity contribution in [2.75, 3.05) is 7.11 Å². The molecule has 7 heteroatoms. The van der Waals surface area contributed by atoms with E-state index in [0.717, 1.165) is 5.56 Å². The maximum absolute atomic E-state index is 12.3. The van der Waals surface area contributed by atoms with Gasteiger partial charge >= 0.3 is 5.97 Å². The quantitative estimate of drug-likeness (QED) is 0.622. The van der Waals surface area contributed by atoms with Crippen LogP contribution < -0.4 is 10.1 Å². The van der Waals surface area contributed by atoms with Crippen molar-refractivity contribution in [3.8, 4) is 5.75 Å². The summed E-state index contributed by atoms with van der Waals surface area (Å²) >= 11 is 5.30. The van der Waals surface area contributed by atoms with Crippen LogP contribution in [0.2, 0.25) is 0 Å². The Kier molecular flexibility index (Phi) is 3.32. The highest BCUT2D eigenvalue weighted by Crippen LogP contribution is 2.48. The molecule has 0 saturated carbocycles. The molecule has 6 nitrogen and oxygen atoms in total. The molecule has 3 rings (SSSR count). The van der Waals surface area contributed by atoms with Gasteiger partial charge in [0.05, 0.1) is 13.2 Å². The van der Waals surface area contributed by atoms with Crippen molar-refractivity contribution in [1.82, 2.24) is 10.2 Å². The molecule has 0 aliphatic carbocycles. The minimum Gasteiger partial charge on any atom is -0.469 e. The van der Waals surface area contributed by atoms with Crippen LogP contribution in [0.4, 0.5) is 0 Å². The van der Waals surface area contributed by atoms with Crippen molar-refractivity contribution in [3.63, 3.8) is 0 Å².